The lowest BCUT2D eigenvalue weighted by molar-refractivity contribution is 0.353. The van der Waals surface area contributed by atoms with Crippen LogP contribution >= 0.6 is 0 Å². The molecule has 4 heteroatoms. The van der Waals surface area contributed by atoms with Gasteiger partial charge in [-0.3, -0.25) is 4.98 Å². The van der Waals surface area contributed by atoms with Crippen LogP contribution in [0.25, 0.3) is 67.3 Å². The molecule has 2 aliphatic carbocycles. The van der Waals surface area contributed by atoms with E-state index in [2.05, 4.69) is 114 Å². The molecule has 1 spiro atoms. The molecule has 50 heavy (non-hydrogen) atoms. The first-order valence-electron chi connectivity index (χ1n) is 17.4. The highest BCUT2D eigenvalue weighted by Gasteiger charge is 2.43. The quantitative estimate of drug-likeness (QED) is 0.187. The fourth-order valence-corrected chi connectivity index (χ4v) is 8.13. The number of rotatable bonds is 5. The van der Waals surface area contributed by atoms with Crippen LogP contribution in [-0.2, 0) is 5.41 Å². The monoisotopic (exact) mass is 642 g/mol. The maximum atomic E-state index is 9.69. The highest BCUT2D eigenvalue weighted by molar-refractivity contribution is 5.85. The van der Waals surface area contributed by atoms with E-state index in [4.69, 9.17) is 9.97 Å². The second-order valence-electron chi connectivity index (χ2n) is 13.5. The van der Waals surface area contributed by atoms with Gasteiger partial charge in [0.25, 0.3) is 0 Å². The van der Waals surface area contributed by atoms with Crippen LogP contribution in [0.4, 0.5) is 0 Å². The van der Waals surface area contributed by atoms with Crippen LogP contribution in [0.5, 0.6) is 0 Å². The Morgan fingerprint density at radius 2 is 1.20 bits per heavy atom. The lowest BCUT2D eigenvalue weighted by Crippen LogP contribution is -2.28. The number of nitrogens with zero attached hydrogens (tertiary/aromatic N) is 4. The zero-order valence-corrected chi connectivity index (χ0v) is 27.7. The average Bonchev–Trinajstić information content (AvgIpc) is 3.45. The maximum Gasteiger partial charge on any atom is 0.160 e. The van der Waals surface area contributed by atoms with Crippen LogP contribution in [0.15, 0.2) is 146 Å². The lowest BCUT2D eigenvalue weighted by atomic mass is 9.67. The molecule has 0 amide bonds. The fraction of sp³-hybridized carbons (Fsp3) is 0.130. The first-order valence-corrected chi connectivity index (χ1v) is 17.4. The van der Waals surface area contributed by atoms with E-state index in [1.54, 1.807) is 6.20 Å². The Kier molecular flexibility index (Phi) is 7.40. The van der Waals surface area contributed by atoms with E-state index < -0.39 is 0 Å². The molecule has 1 saturated carbocycles. The summed E-state index contributed by atoms with van der Waals surface area (Å²) < 4.78 is 0. The summed E-state index contributed by atoms with van der Waals surface area (Å²) in [5, 5.41) is 9.69. The first kappa shape index (κ1) is 29.9. The van der Waals surface area contributed by atoms with Crippen LogP contribution in [0.3, 0.4) is 0 Å². The van der Waals surface area contributed by atoms with Crippen molar-refractivity contribution >= 4 is 0 Å². The third-order valence-corrected chi connectivity index (χ3v) is 10.6. The second-order valence-corrected chi connectivity index (χ2v) is 13.5. The molecule has 0 radical (unpaired) electrons. The maximum absolute atomic E-state index is 9.69. The standard InChI is InChI=1S/C46H34N4/c47-29-31-14-21-41-40(25-31)39-20-19-36(27-42(39)46(41)22-5-2-6-23-46)35-11-7-12-37(26-35)44-28-43(49-45(50-44)34-9-3-1-4-10-34)33-17-15-32(16-18-33)38-13-8-24-48-30-38/h1,3-4,7-21,24-28,30H,2,5-6,22-23H2. The zero-order chi connectivity index (χ0) is 33.5. The molecule has 0 N–H and O–H groups in total. The number of pyridine rings is 1. The third-order valence-electron chi connectivity index (χ3n) is 10.6. The third kappa shape index (κ3) is 5.19. The first-order chi connectivity index (χ1) is 24.7. The molecule has 2 aliphatic rings. The minimum Gasteiger partial charge on any atom is -0.264 e. The van der Waals surface area contributed by atoms with E-state index in [9.17, 15) is 5.26 Å². The summed E-state index contributed by atoms with van der Waals surface area (Å²) in [6.07, 6.45) is 9.72. The Bertz CT molecular complexity index is 2400. The number of benzene rings is 5. The Morgan fingerprint density at radius 1 is 0.500 bits per heavy atom. The number of nitriles is 1. The van der Waals surface area contributed by atoms with Gasteiger partial charge in [-0.1, -0.05) is 116 Å². The van der Waals surface area contributed by atoms with E-state index in [0.717, 1.165) is 63.2 Å². The Labute approximate surface area is 292 Å². The predicted molar refractivity (Wildman–Crippen MR) is 201 cm³/mol. The summed E-state index contributed by atoms with van der Waals surface area (Å²) in [7, 11) is 0. The molecular weight excluding hydrogens is 609 g/mol. The minimum atomic E-state index is 0.0171. The van der Waals surface area contributed by atoms with Crippen LogP contribution < -0.4 is 0 Å². The van der Waals surface area contributed by atoms with Gasteiger partial charge >= 0.3 is 0 Å². The molecule has 7 aromatic rings. The van der Waals surface area contributed by atoms with Crippen LogP contribution in [0, 0.1) is 11.3 Å². The minimum absolute atomic E-state index is 0.0171. The van der Waals surface area contributed by atoms with Gasteiger partial charge in [-0.15, -0.1) is 0 Å². The molecule has 0 unspecified atom stereocenters. The summed E-state index contributed by atoms with van der Waals surface area (Å²) >= 11 is 0. The van der Waals surface area contributed by atoms with Crippen LogP contribution in [0.1, 0.15) is 48.8 Å². The highest BCUT2D eigenvalue weighted by Crippen LogP contribution is 2.56. The van der Waals surface area contributed by atoms with Crippen molar-refractivity contribution < 1.29 is 0 Å². The molecule has 0 saturated heterocycles. The van der Waals surface area contributed by atoms with Gasteiger partial charge in [-0.25, -0.2) is 9.97 Å². The van der Waals surface area contributed by atoms with Gasteiger partial charge in [-0.2, -0.15) is 5.26 Å². The van der Waals surface area contributed by atoms with Crippen molar-refractivity contribution in [3.8, 4) is 73.4 Å². The highest BCUT2D eigenvalue weighted by atomic mass is 14.9. The normalized spacial score (nSPS) is 14.1. The van der Waals surface area contributed by atoms with Crippen molar-refractivity contribution in [3.63, 3.8) is 0 Å². The number of hydrogen-bond acceptors (Lipinski definition) is 4. The topological polar surface area (TPSA) is 62.5 Å². The molecule has 0 atom stereocenters. The molecule has 5 aromatic carbocycles. The number of fused-ring (bicyclic) bond motifs is 5. The molecule has 2 aromatic heterocycles. The molecule has 238 valence electrons. The van der Waals surface area contributed by atoms with E-state index in [0.29, 0.717) is 5.82 Å². The number of hydrogen-bond donors (Lipinski definition) is 0. The zero-order valence-electron chi connectivity index (χ0n) is 27.7. The van der Waals surface area contributed by atoms with Crippen molar-refractivity contribution in [1.82, 2.24) is 15.0 Å². The van der Waals surface area contributed by atoms with Gasteiger partial charge in [0.15, 0.2) is 5.82 Å². The van der Waals surface area contributed by atoms with Gasteiger partial charge in [0.1, 0.15) is 0 Å². The van der Waals surface area contributed by atoms with Crippen LogP contribution in [0.2, 0.25) is 0 Å². The van der Waals surface area contributed by atoms with Crippen molar-refractivity contribution in [2.45, 2.75) is 37.5 Å². The summed E-state index contributed by atoms with van der Waals surface area (Å²) in [5.74, 6) is 0.700. The summed E-state index contributed by atoms with van der Waals surface area (Å²) in [4.78, 5) is 14.5. The summed E-state index contributed by atoms with van der Waals surface area (Å²) in [6, 6.07) is 49.2. The van der Waals surface area contributed by atoms with Crippen molar-refractivity contribution in [1.29, 1.82) is 5.26 Å². The second kappa shape index (κ2) is 12.4. The van der Waals surface area contributed by atoms with Gasteiger partial charge in [-0.05, 0) is 93.7 Å². The largest absolute Gasteiger partial charge is 0.264 e. The van der Waals surface area contributed by atoms with Gasteiger partial charge in [0.2, 0.25) is 0 Å². The molecule has 9 rings (SSSR count). The molecule has 1 fully saturated rings. The van der Waals surface area contributed by atoms with Gasteiger partial charge < -0.3 is 0 Å². The fourth-order valence-electron chi connectivity index (χ4n) is 8.13. The number of aromatic nitrogens is 3. The van der Waals surface area contributed by atoms with Crippen molar-refractivity contribution in [3.05, 3.63) is 163 Å². The van der Waals surface area contributed by atoms with Crippen molar-refractivity contribution in [2.24, 2.45) is 0 Å². The van der Waals surface area contributed by atoms with Crippen molar-refractivity contribution in [2.75, 3.05) is 0 Å². The van der Waals surface area contributed by atoms with E-state index in [1.165, 1.54) is 47.1 Å². The Hall–Kier alpha value is -6.18. The van der Waals surface area contributed by atoms with E-state index >= 15 is 0 Å². The lowest BCUT2D eigenvalue weighted by Gasteiger charge is -2.36. The van der Waals surface area contributed by atoms with Gasteiger partial charge in [0.05, 0.1) is 23.0 Å². The SMILES string of the molecule is N#Cc1ccc2c(c1)-c1ccc(-c3cccc(-c4cc(-c5ccc(-c6cccnc6)cc5)nc(-c5ccccc5)n4)c3)cc1C21CCCCC1. The Morgan fingerprint density at radius 3 is 1.98 bits per heavy atom. The predicted octanol–water partition coefficient (Wildman–Crippen LogP) is 11.3. The van der Waals surface area contributed by atoms with E-state index in [1.807, 2.05) is 36.5 Å². The van der Waals surface area contributed by atoms with E-state index in [-0.39, 0.29) is 5.41 Å². The molecule has 4 nitrogen and oxygen atoms in total. The summed E-state index contributed by atoms with van der Waals surface area (Å²) in [6.45, 7) is 0. The molecule has 0 aliphatic heterocycles. The van der Waals surface area contributed by atoms with Gasteiger partial charge in [0, 0.05) is 34.5 Å². The summed E-state index contributed by atoms with van der Waals surface area (Å²) in [5.41, 5.74) is 15.4. The molecule has 2 heterocycles. The molecule has 0 bridgehead atoms. The molecular formula is C46H34N4. The average molecular weight is 643 g/mol. The Balaban J connectivity index is 1.13. The van der Waals surface area contributed by atoms with Crippen LogP contribution in [-0.4, -0.2) is 15.0 Å². The smallest absolute Gasteiger partial charge is 0.160 e.